The molecule has 1 aromatic rings. The molecule has 2 rings (SSSR count). The summed E-state index contributed by atoms with van der Waals surface area (Å²) in [4.78, 5) is 26.1. The molecule has 2 N–H and O–H groups in total. The second kappa shape index (κ2) is 8.70. The van der Waals surface area contributed by atoms with Crippen LogP contribution in [0.3, 0.4) is 0 Å². The van der Waals surface area contributed by atoms with E-state index < -0.39 is 0 Å². The second-order valence-electron chi connectivity index (χ2n) is 6.51. The van der Waals surface area contributed by atoms with E-state index in [0.29, 0.717) is 13.0 Å². The zero-order valence-corrected chi connectivity index (χ0v) is 15.0. The van der Waals surface area contributed by atoms with Gasteiger partial charge < -0.3 is 15.5 Å². The third kappa shape index (κ3) is 5.25. The summed E-state index contributed by atoms with van der Waals surface area (Å²) >= 11 is 0. The number of nitrogens with zero attached hydrogens (tertiary/aromatic N) is 3. The Morgan fingerprint density at radius 3 is 2.50 bits per heavy atom. The normalized spacial score (nSPS) is 16.4. The van der Waals surface area contributed by atoms with Crippen molar-refractivity contribution < 1.29 is 9.59 Å². The maximum Gasteiger partial charge on any atom is 0.315 e. The Labute approximate surface area is 143 Å². The number of likely N-dealkylation sites (tertiary alicyclic amines) is 1. The molecular formula is C17H29N5O2. The Morgan fingerprint density at radius 2 is 1.92 bits per heavy atom. The molecule has 2 heterocycles. The second-order valence-corrected chi connectivity index (χ2v) is 6.51. The van der Waals surface area contributed by atoms with Crippen molar-refractivity contribution in [3.05, 3.63) is 17.5 Å². The van der Waals surface area contributed by atoms with E-state index in [0.717, 1.165) is 37.2 Å². The molecule has 0 aromatic carbocycles. The highest BCUT2D eigenvalue weighted by molar-refractivity contribution is 5.78. The van der Waals surface area contributed by atoms with Gasteiger partial charge in [-0.1, -0.05) is 12.8 Å². The van der Waals surface area contributed by atoms with Crippen LogP contribution in [-0.4, -0.2) is 46.3 Å². The summed E-state index contributed by atoms with van der Waals surface area (Å²) in [6.45, 7) is 5.90. The number of aromatic nitrogens is 2. The lowest BCUT2D eigenvalue weighted by atomic mass is 10.1. The SMILES string of the molecule is Cc1nn(C)cc1C(C)NC(=O)NCCC(=O)N1CCCCCC1. The Hall–Kier alpha value is -2.05. The highest BCUT2D eigenvalue weighted by atomic mass is 16.2. The Kier molecular flexibility index (Phi) is 6.63. The van der Waals surface area contributed by atoms with E-state index in [-0.39, 0.29) is 18.0 Å². The molecule has 1 saturated heterocycles. The van der Waals surface area contributed by atoms with Crippen molar-refractivity contribution in [2.45, 2.75) is 52.0 Å². The van der Waals surface area contributed by atoms with Crippen LogP contribution < -0.4 is 10.6 Å². The molecule has 1 aliphatic rings. The minimum atomic E-state index is -0.255. The van der Waals surface area contributed by atoms with Gasteiger partial charge in [-0.3, -0.25) is 9.48 Å². The average Bonchev–Trinajstić information content (AvgIpc) is 2.74. The number of nitrogens with one attached hydrogen (secondary N) is 2. The predicted octanol–water partition coefficient (Wildman–Crippen LogP) is 1.88. The number of carbonyl (C=O) groups excluding carboxylic acids is 2. The van der Waals surface area contributed by atoms with Crippen LogP contribution in [0.25, 0.3) is 0 Å². The first kappa shape index (κ1) is 18.3. The van der Waals surface area contributed by atoms with Gasteiger partial charge >= 0.3 is 6.03 Å². The summed E-state index contributed by atoms with van der Waals surface area (Å²) in [5, 5.41) is 9.93. The van der Waals surface area contributed by atoms with Crippen LogP contribution in [-0.2, 0) is 11.8 Å². The molecule has 7 nitrogen and oxygen atoms in total. The van der Waals surface area contributed by atoms with Crippen LogP contribution in [0, 0.1) is 6.92 Å². The lowest BCUT2D eigenvalue weighted by Gasteiger charge is -2.20. The molecule has 1 fully saturated rings. The maximum atomic E-state index is 12.2. The number of carbonyl (C=O) groups is 2. The first-order chi connectivity index (χ1) is 11.5. The Balaban J connectivity index is 1.71. The maximum absolute atomic E-state index is 12.2. The monoisotopic (exact) mass is 335 g/mol. The molecule has 1 aromatic heterocycles. The number of hydrogen-bond donors (Lipinski definition) is 2. The fraction of sp³-hybridized carbons (Fsp3) is 0.706. The van der Waals surface area contributed by atoms with Crippen molar-refractivity contribution in [3.8, 4) is 0 Å². The average molecular weight is 335 g/mol. The van der Waals surface area contributed by atoms with Gasteiger partial charge in [0.25, 0.3) is 0 Å². The van der Waals surface area contributed by atoms with Gasteiger partial charge in [0.05, 0.1) is 11.7 Å². The molecular weight excluding hydrogens is 306 g/mol. The minimum Gasteiger partial charge on any atom is -0.343 e. The van der Waals surface area contributed by atoms with Crippen LogP contribution in [0.1, 0.15) is 56.3 Å². The minimum absolute atomic E-state index is 0.125. The molecule has 3 amide bonds. The summed E-state index contributed by atoms with van der Waals surface area (Å²) in [7, 11) is 1.86. The van der Waals surface area contributed by atoms with E-state index in [4.69, 9.17) is 0 Å². The van der Waals surface area contributed by atoms with Gasteiger partial charge in [0.2, 0.25) is 5.91 Å². The summed E-state index contributed by atoms with van der Waals surface area (Å²) in [6, 6.07) is -0.380. The fourth-order valence-electron chi connectivity index (χ4n) is 3.13. The summed E-state index contributed by atoms with van der Waals surface area (Å²) < 4.78 is 1.74. The van der Waals surface area contributed by atoms with Crippen LogP contribution >= 0.6 is 0 Å². The highest BCUT2D eigenvalue weighted by Crippen LogP contribution is 2.15. The molecule has 1 unspecified atom stereocenters. The zero-order valence-electron chi connectivity index (χ0n) is 15.0. The number of rotatable bonds is 5. The molecule has 0 spiro atoms. The molecule has 0 radical (unpaired) electrons. The fourth-order valence-corrected chi connectivity index (χ4v) is 3.13. The molecule has 134 valence electrons. The van der Waals surface area contributed by atoms with E-state index in [1.807, 2.05) is 32.0 Å². The predicted molar refractivity (Wildman–Crippen MR) is 92.6 cm³/mol. The first-order valence-electron chi connectivity index (χ1n) is 8.79. The van der Waals surface area contributed by atoms with Crippen molar-refractivity contribution in [1.82, 2.24) is 25.3 Å². The van der Waals surface area contributed by atoms with Crippen molar-refractivity contribution in [1.29, 1.82) is 0 Å². The summed E-state index contributed by atoms with van der Waals surface area (Å²) in [5.74, 6) is 0.133. The summed E-state index contributed by atoms with van der Waals surface area (Å²) in [6.07, 6.45) is 6.84. The van der Waals surface area contributed by atoms with Crippen molar-refractivity contribution in [3.63, 3.8) is 0 Å². The van der Waals surface area contributed by atoms with E-state index >= 15 is 0 Å². The Morgan fingerprint density at radius 1 is 1.25 bits per heavy atom. The smallest absolute Gasteiger partial charge is 0.315 e. The van der Waals surface area contributed by atoms with Crippen LogP contribution in [0.5, 0.6) is 0 Å². The van der Waals surface area contributed by atoms with E-state index in [2.05, 4.69) is 15.7 Å². The Bertz CT molecular complexity index is 561. The molecule has 7 heteroatoms. The molecule has 1 atom stereocenters. The molecule has 1 aliphatic heterocycles. The largest absolute Gasteiger partial charge is 0.343 e. The summed E-state index contributed by atoms with van der Waals surface area (Å²) in [5.41, 5.74) is 1.90. The van der Waals surface area contributed by atoms with Gasteiger partial charge in [-0.15, -0.1) is 0 Å². The van der Waals surface area contributed by atoms with E-state index in [9.17, 15) is 9.59 Å². The van der Waals surface area contributed by atoms with Gasteiger partial charge in [0, 0.05) is 44.9 Å². The third-order valence-electron chi connectivity index (χ3n) is 4.45. The lowest BCUT2D eigenvalue weighted by molar-refractivity contribution is -0.131. The number of amides is 3. The lowest BCUT2D eigenvalue weighted by Crippen LogP contribution is -2.40. The molecule has 24 heavy (non-hydrogen) atoms. The van der Waals surface area contributed by atoms with Gasteiger partial charge in [-0.25, -0.2) is 4.79 Å². The molecule has 0 aliphatic carbocycles. The van der Waals surface area contributed by atoms with Crippen LogP contribution in [0.2, 0.25) is 0 Å². The first-order valence-corrected chi connectivity index (χ1v) is 8.79. The molecule has 0 bridgehead atoms. The van der Waals surface area contributed by atoms with Gasteiger partial charge in [0.1, 0.15) is 0 Å². The van der Waals surface area contributed by atoms with E-state index in [1.54, 1.807) is 4.68 Å². The van der Waals surface area contributed by atoms with Crippen molar-refractivity contribution in [2.24, 2.45) is 7.05 Å². The highest BCUT2D eigenvalue weighted by Gasteiger charge is 2.17. The number of urea groups is 1. The standard InChI is InChI=1S/C17H29N5O2/c1-13(15-12-21(3)20-14(15)2)19-17(24)18-9-8-16(23)22-10-6-4-5-7-11-22/h12-13H,4-11H2,1-3H3,(H2,18,19,24). The van der Waals surface area contributed by atoms with E-state index in [1.165, 1.54) is 12.8 Å². The van der Waals surface area contributed by atoms with Crippen molar-refractivity contribution in [2.75, 3.05) is 19.6 Å². The topological polar surface area (TPSA) is 79.3 Å². The van der Waals surface area contributed by atoms with Gasteiger partial charge in [0.15, 0.2) is 0 Å². The zero-order chi connectivity index (χ0) is 17.5. The van der Waals surface area contributed by atoms with Gasteiger partial charge in [-0.05, 0) is 26.7 Å². The van der Waals surface area contributed by atoms with Crippen LogP contribution in [0.15, 0.2) is 6.20 Å². The van der Waals surface area contributed by atoms with Crippen LogP contribution in [0.4, 0.5) is 4.79 Å². The third-order valence-corrected chi connectivity index (χ3v) is 4.45. The quantitative estimate of drug-likeness (QED) is 0.862. The number of hydrogen-bond acceptors (Lipinski definition) is 3. The van der Waals surface area contributed by atoms with Crippen molar-refractivity contribution >= 4 is 11.9 Å². The number of aryl methyl sites for hydroxylation is 2. The molecule has 0 saturated carbocycles. The van der Waals surface area contributed by atoms with Gasteiger partial charge in [-0.2, -0.15) is 5.10 Å².